The van der Waals surface area contributed by atoms with E-state index in [1.54, 1.807) is 18.5 Å². The molecule has 1 aromatic rings. The Morgan fingerprint density at radius 2 is 2.33 bits per heavy atom. The number of aliphatic hydroxyl groups excluding tert-OH is 1. The fraction of sp³-hybridized carbons (Fsp3) is 0.500. The Hall–Kier alpha value is -1.90. The molecule has 1 atom stereocenters. The predicted octanol–water partition coefficient (Wildman–Crippen LogP) is 0.592. The van der Waals surface area contributed by atoms with Crippen molar-refractivity contribution in [3.05, 3.63) is 29.6 Å². The molecule has 0 spiro atoms. The quantitative estimate of drug-likeness (QED) is 0.827. The second-order valence-electron chi connectivity index (χ2n) is 5.39. The third kappa shape index (κ3) is 4.03. The first-order valence-electron chi connectivity index (χ1n) is 7.12. The SMILES string of the molecule is CN(C)C1CCN(C(=O)c2cncc(C#CCCO)c2)C1. The van der Waals surface area contributed by atoms with E-state index in [0.717, 1.165) is 19.5 Å². The minimum Gasteiger partial charge on any atom is -0.395 e. The van der Waals surface area contributed by atoms with Gasteiger partial charge in [-0.25, -0.2) is 0 Å². The summed E-state index contributed by atoms with van der Waals surface area (Å²) in [5, 5.41) is 8.72. The molecule has 2 heterocycles. The molecule has 112 valence electrons. The molecule has 0 aromatic carbocycles. The summed E-state index contributed by atoms with van der Waals surface area (Å²) in [7, 11) is 4.08. The number of pyridine rings is 1. The van der Waals surface area contributed by atoms with Gasteiger partial charge in [-0.05, 0) is 26.6 Å². The highest BCUT2D eigenvalue weighted by atomic mass is 16.2. The van der Waals surface area contributed by atoms with Gasteiger partial charge in [-0.1, -0.05) is 11.8 Å². The van der Waals surface area contributed by atoms with E-state index in [0.29, 0.717) is 23.6 Å². The fourth-order valence-corrected chi connectivity index (χ4v) is 2.38. The average molecular weight is 287 g/mol. The Balaban J connectivity index is 2.07. The second kappa shape index (κ2) is 7.21. The van der Waals surface area contributed by atoms with Gasteiger partial charge in [0.1, 0.15) is 0 Å². The normalized spacial score (nSPS) is 17.7. The smallest absolute Gasteiger partial charge is 0.255 e. The molecule has 1 N–H and O–H groups in total. The van der Waals surface area contributed by atoms with Gasteiger partial charge >= 0.3 is 0 Å². The van der Waals surface area contributed by atoms with Crippen molar-refractivity contribution in [2.45, 2.75) is 18.9 Å². The van der Waals surface area contributed by atoms with E-state index in [-0.39, 0.29) is 12.5 Å². The Bertz CT molecular complexity index is 560. The lowest BCUT2D eigenvalue weighted by molar-refractivity contribution is 0.0782. The molecule has 1 aromatic heterocycles. The highest BCUT2D eigenvalue weighted by Gasteiger charge is 2.28. The van der Waals surface area contributed by atoms with E-state index < -0.39 is 0 Å². The minimum atomic E-state index is 0.0117. The summed E-state index contributed by atoms with van der Waals surface area (Å²) in [5.74, 6) is 5.76. The molecule has 2 rings (SSSR count). The molecule has 1 fully saturated rings. The van der Waals surface area contributed by atoms with Crippen LogP contribution < -0.4 is 0 Å². The number of aliphatic hydroxyl groups is 1. The van der Waals surface area contributed by atoms with Crippen molar-refractivity contribution in [1.29, 1.82) is 0 Å². The zero-order valence-corrected chi connectivity index (χ0v) is 12.5. The molecule has 5 heteroatoms. The van der Waals surface area contributed by atoms with Crippen LogP contribution in [0.4, 0.5) is 0 Å². The molecule has 5 nitrogen and oxygen atoms in total. The zero-order valence-electron chi connectivity index (χ0n) is 12.5. The Labute approximate surface area is 125 Å². The lowest BCUT2D eigenvalue weighted by Crippen LogP contribution is -2.34. The van der Waals surface area contributed by atoms with Gasteiger partial charge in [-0.15, -0.1) is 0 Å². The van der Waals surface area contributed by atoms with Gasteiger partial charge in [0, 0.05) is 43.5 Å². The van der Waals surface area contributed by atoms with Gasteiger partial charge in [-0.2, -0.15) is 0 Å². The number of amides is 1. The molecule has 0 aliphatic carbocycles. The molecule has 1 saturated heterocycles. The molecule has 1 aliphatic heterocycles. The van der Waals surface area contributed by atoms with E-state index in [1.165, 1.54) is 0 Å². The van der Waals surface area contributed by atoms with Crippen LogP contribution in [-0.4, -0.2) is 65.6 Å². The molecular weight excluding hydrogens is 266 g/mol. The number of carbonyl (C=O) groups is 1. The molecule has 1 amide bonds. The monoisotopic (exact) mass is 287 g/mol. The van der Waals surface area contributed by atoms with Crippen molar-refractivity contribution in [3.63, 3.8) is 0 Å². The van der Waals surface area contributed by atoms with Crippen LogP contribution in [0, 0.1) is 11.8 Å². The van der Waals surface area contributed by atoms with Crippen LogP contribution in [-0.2, 0) is 0 Å². The lowest BCUT2D eigenvalue weighted by atomic mass is 10.2. The summed E-state index contributed by atoms with van der Waals surface area (Å²) >= 11 is 0. The average Bonchev–Trinajstić information content (AvgIpc) is 2.97. The van der Waals surface area contributed by atoms with E-state index in [4.69, 9.17) is 5.11 Å². The van der Waals surface area contributed by atoms with E-state index in [1.807, 2.05) is 19.0 Å². The molecule has 0 bridgehead atoms. The third-order valence-electron chi connectivity index (χ3n) is 3.64. The van der Waals surface area contributed by atoms with Crippen LogP contribution in [0.25, 0.3) is 0 Å². The van der Waals surface area contributed by atoms with Crippen molar-refractivity contribution < 1.29 is 9.90 Å². The Kier molecular flexibility index (Phi) is 5.32. The van der Waals surface area contributed by atoms with Crippen LogP contribution >= 0.6 is 0 Å². The Morgan fingerprint density at radius 1 is 1.52 bits per heavy atom. The van der Waals surface area contributed by atoms with Crippen LogP contribution in [0.3, 0.4) is 0 Å². The number of nitrogens with zero attached hydrogens (tertiary/aromatic N) is 3. The number of hydrogen-bond acceptors (Lipinski definition) is 4. The summed E-state index contributed by atoms with van der Waals surface area (Å²) in [4.78, 5) is 20.6. The number of rotatable bonds is 3. The topological polar surface area (TPSA) is 56.7 Å². The first-order chi connectivity index (χ1) is 10.1. The van der Waals surface area contributed by atoms with E-state index in [2.05, 4.69) is 21.7 Å². The molecule has 1 aliphatic rings. The molecular formula is C16H21N3O2. The number of likely N-dealkylation sites (tertiary alicyclic amines) is 1. The van der Waals surface area contributed by atoms with Crippen LogP contribution in [0.2, 0.25) is 0 Å². The number of aromatic nitrogens is 1. The third-order valence-corrected chi connectivity index (χ3v) is 3.64. The second-order valence-corrected chi connectivity index (χ2v) is 5.39. The van der Waals surface area contributed by atoms with Gasteiger partial charge < -0.3 is 14.9 Å². The van der Waals surface area contributed by atoms with Crippen molar-refractivity contribution in [3.8, 4) is 11.8 Å². The highest BCUT2D eigenvalue weighted by Crippen LogP contribution is 2.16. The van der Waals surface area contributed by atoms with Gasteiger partial charge in [0.25, 0.3) is 5.91 Å². The van der Waals surface area contributed by atoms with Crippen molar-refractivity contribution >= 4 is 5.91 Å². The first-order valence-corrected chi connectivity index (χ1v) is 7.12. The largest absolute Gasteiger partial charge is 0.395 e. The highest BCUT2D eigenvalue weighted by molar-refractivity contribution is 5.94. The molecule has 1 unspecified atom stereocenters. The predicted molar refractivity (Wildman–Crippen MR) is 80.8 cm³/mol. The van der Waals surface area contributed by atoms with E-state index >= 15 is 0 Å². The Morgan fingerprint density at radius 3 is 3.00 bits per heavy atom. The summed E-state index contributed by atoms with van der Waals surface area (Å²) in [5.41, 5.74) is 1.28. The maximum Gasteiger partial charge on any atom is 0.255 e. The maximum absolute atomic E-state index is 12.5. The number of carbonyl (C=O) groups excluding carboxylic acids is 1. The van der Waals surface area contributed by atoms with Crippen molar-refractivity contribution in [2.24, 2.45) is 0 Å². The summed E-state index contributed by atoms with van der Waals surface area (Å²) in [6.07, 6.45) is 4.65. The van der Waals surface area contributed by atoms with Gasteiger partial charge in [0.05, 0.1) is 12.2 Å². The zero-order chi connectivity index (χ0) is 15.2. The van der Waals surface area contributed by atoms with Gasteiger partial charge in [0.2, 0.25) is 0 Å². The fourth-order valence-electron chi connectivity index (χ4n) is 2.38. The van der Waals surface area contributed by atoms with Crippen molar-refractivity contribution in [1.82, 2.24) is 14.8 Å². The van der Waals surface area contributed by atoms with Gasteiger partial charge in [-0.3, -0.25) is 9.78 Å². The summed E-state index contributed by atoms with van der Waals surface area (Å²) in [6.45, 7) is 1.58. The van der Waals surface area contributed by atoms with Gasteiger partial charge in [0.15, 0.2) is 0 Å². The van der Waals surface area contributed by atoms with Crippen LogP contribution in [0.5, 0.6) is 0 Å². The molecule has 0 saturated carbocycles. The molecule has 21 heavy (non-hydrogen) atoms. The van der Waals surface area contributed by atoms with Crippen LogP contribution in [0.15, 0.2) is 18.5 Å². The first kappa shape index (κ1) is 15.5. The van der Waals surface area contributed by atoms with Crippen LogP contribution in [0.1, 0.15) is 28.8 Å². The standard InChI is InChI=1S/C16H21N3O2/c1-18(2)15-6-7-19(12-15)16(21)14-9-13(10-17-11-14)5-3-4-8-20/h9-11,15,20H,4,6-8,12H2,1-2H3. The van der Waals surface area contributed by atoms with E-state index in [9.17, 15) is 4.79 Å². The minimum absolute atomic E-state index is 0.0117. The number of hydrogen-bond donors (Lipinski definition) is 1. The lowest BCUT2D eigenvalue weighted by Gasteiger charge is -2.20. The molecule has 0 radical (unpaired) electrons. The van der Waals surface area contributed by atoms with Crippen molar-refractivity contribution in [2.75, 3.05) is 33.8 Å². The summed E-state index contributed by atoms with van der Waals surface area (Å²) < 4.78 is 0. The maximum atomic E-state index is 12.5. The summed E-state index contributed by atoms with van der Waals surface area (Å²) in [6, 6.07) is 2.19. The number of likely N-dealkylation sites (N-methyl/N-ethyl adjacent to an activating group) is 1.